The van der Waals surface area contributed by atoms with E-state index < -0.39 is 0 Å². The van der Waals surface area contributed by atoms with Crippen LogP contribution in [0.25, 0.3) is 0 Å². The van der Waals surface area contributed by atoms with Gasteiger partial charge in [-0.05, 0) is 58.7 Å². The maximum absolute atomic E-state index is 12.7. The van der Waals surface area contributed by atoms with Crippen molar-refractivity contribution in [1.82, 2.24) is 4.98 Å². The molecule has 120 valence electrons. The highest BCUT2D eigenvalue weighted by atomic mass is 79.9. The third-order valence-electron chi connectivity index (χ3n) is 3.62. The largest absolute Gasteiger partial charge is 0.339 e. The number of carbonyl (C=O) groups is 1. The molecule has 0 fully saturated rings. The van der Waals surface area contributed by atoms with E-state index in [1.165, 1.54) is 0 Å². The van der Waals surface area contributed by atoms with Crippen LogP contribution < -0.4 is 5.32 Å². The van der Waals surface area contributed by atoms with Crippen LogP contribution in [-0.4, -0.2) is 10.8 Å². The van der Waals surface area contributed by atoms with Crippen molar-refractivity contribution in [2.75, 3.05) is 5.32 Å². The number of rotatable bonds is 4. The predicted molar refractivity (Wildman–Crippen MR) is 101 cm³/mol. The van der Waals surface area contributed by atoms with Crippen molar-refractivity contribution >= 4 is 44.8 Å². The number of nitrogens with zero attached hydrogens (tertiary/aromatic N) is 1. The Balaban J connectivity index is 1.89. The number of carbonyl (C=O) groups excluding carboxylic acids is 1. The van der Waals surface area contributed by atoms with Gasteiger partial charge in [-0.25, -0.2) is 4.98 Å². The topological polar surface area (TPSA) is 42.0 Å². The number of aromatic nitrogens is 1. The summed E-state index contributed by atoms with van der Waals surface area (Å²) in [6, 6.07) is 16.5. The van der Waals surface area contributed by atoms with Crippen molar-refractivity contribution in [1.29, 1.82) is 0 Å². The lowest BCUT2D eigenvalue weighted by atomic mass is 9.99. The number of nitrogens with one attached hydrogen (secondary N) is 1. The molecular weight excluding hydrogens is 388 g/mol. The van der Waals surface area contributed by atoms with Crippen LogP contribution in [0.4, 0.5) is 11.5 Å². The summed E-state index contributed by atoms with van der Waals surface area (Å²) in [7, 11) is 0. The second-order valence-electron chi connectivity index (χ2n) is 5.30. The van der Waals surface area contributed by atoms with E-state index in [2.05, 4.69) is 26.2 Å². The van der Waals surface area contributed by atoms with Gasteiger partial charge in [-0.1, -0.05) is 35.9 Å². The fraction of sp³-hybridized carbons (Fsp3) is 0.0526. The normalized spacial score (nSPS) is 10.5. The molecule has 5 heteroatoms. The standard InChI is InChI=1S/C19H14BrClN2O/c1-12-5-2-3-6-14(12)18(24)15-9-8-13(11-17(15)21)23-19-16(20)7-4-10-22-19/h2-11H,1H3,(H,22,23). The quantitative estimate of drug-likeness (QED) is 0.563. The molecule has 0 aliphatic rings. The highest BCUT2D eigenvalue weighted by Crippen LogP contribution is 2.28. The van der Waals surface area contributed by atoms with E-state index in [1.54, 1.807) is 18.3 Å². The Morgan fingerprint density at radius 2 is 1.88 bits per heavy atom. The van der Waals surface area contributed by atoms with Gasteiger partial charge < -0.3 is 5.32 Å². The molecule has 0 saturated carbocycles. The van der Waals surface area contributed by atoms with E-state index in [4.69, 9.17) is 11.6 Å². The smallest absolute Gasteiger partial charge is 0.194 e. The van der Waals surface area contributed by atoms with Gasteiger partial charge in [-0.15, -0.1) is 0 Å². The molecule has 3 rings (SSSR count). The number of pyridine rings is 1. The van der Waals surface area contributed by atoms with Crippen molar-refractivity contribution in [3.05, 3.63) is 87.0 Å². The summed E-state index contributed by atoms with van der Waals surface area (Å²) in [6.07, 6.45) is 1.70. The SMILES string of the molecule is Cc1ccccc1C(=O)c1ccc(Nc2ncccc2Br)cc1Cl. The van der Waals surface area contributed by atoms with Crippen LogP contribution in [0.15, 0.2) is 65.3 Å². The highest BCUT2D eigenvalue weighted by Gasteiger charge is 2.15. The van der Waals surface area contributed by atoms with Gasteiger partial charge in [0, 0.05) is 23.0 Å². The summed E-state index contributed by atoms with van der Waals surface area (Å²) >= 11 is 9.78. The molecule has 0 unspecified atom stereocenters. The van der Waals surface area contributed by atoms with E-state index in [0.717, 1.165) is 15.7 Å². The van der Waals surface area contributed by atoms with Crippen LogP contribution in [-0.2, 0) is 0 Å². The third kappa shape index (κ3) is 3.50. The van der Waals surface area contributed by atoms with Gasteiger partial charge >= 0.3 is 0 Å². The van der Waals surface area contributed by atoms with E-state index in [0.29, 0.717) is 22.0 Å². The van der Waals surface area contributed by atoms with Gasteiger partial charge in [-0.3, -0.25) is 4.79 Å². The summed E-state index contributed by atoms with van der Waals surface area (Å²) in [5.74, 6) is 0.607. The third-order valence-corrected chi connectivity index (χ3v) is 4.58. The van der Waals surface area contributed by atoms with Crippen LogP contribution in [0, 0.1) is 6.92 Å². The summed E-state index contributed by atoms with van der Waals surface area (Å²) in [6.45, 7) is 1.91. The molecular formula is C19H14BrClN2O. The first-order valence-electron chi connectivity index (χ1n) is 7.33. The molecule has 3 nitrogen and oxygen atoms in total. The fourth-order valence-electron chi connectivity index (χ4n) is 2.36. The first-order valence-corrected chi connectivity index (χ1v) is 8.51. The summed E-state index contributed by atoms with van der Waals surface area (Å²) in [5, 5.41) is 3.58. The van der Waals surface area contributed by atoms with Gasteiger partial charge in [0.25, 0.3) is 0 Å². The molecule has 0 spiro atoms. The molecule has 0 saturated heterocycles. The number of hydrogen-bond donors (Lipinski definition) is 1. The van der Waals surface area contributed by atoms with E-state index in [1.807, 2.05) is 49.4 Å². The number of benzene rings is 2. The zero-order valence-corrected chi connectivity index (χ0v) is 15.2. The molecule has 24 heavy (non-hydrogen) atoms. The van der Waals surface area contributed by atoms with E-state index in [-0.39, 0.29) is 5.78 Å². The monoisotopic (exact) mass is 400 g/mol. The number of halogens is 2. The summed E-state index contributed by atoms with van der Waals surface area (Å²) in [5.41, 5.74) is 2.84. The van der Waals surface area contributed by atoms with Crippen molar-refractivity contribution in [2.24, 2.45) is 0 Å². The zero-order valence-electron chi connectivity index (χ0n) is 12.9. The molecule has 0 aliphatic heterocycles. The number of anilines is 2. The minimum absolute atomic E-state index is 0.0799. The number of aryl methyl sites for hydroxylation is 1. The summed E-state index contributed by atoms with van der Waals surface area (Å²) in [4.78, 5) is 16.9. The Bertz CT molecular complexity index is 911. The average Bonchev–Trinajstić information content (AvgIpc) is 2.57. The van der Waals surface area contributed by atoms with Gasteiger partial charge in [-0.2, -0.15) is 0 Å². The molecule has 0 amide bonds. The Morgan fingerprint density at radius 3 is 2.58 bits per heavy atom. The molecule has 1 heterocycles. The Hall–Kier alpha value is -2.17. The van der Waals surface area contributed by atoms with Crippen molar-refractivity contribution in [2.45, 2.75) is 6.92 Å². The lowest BCUT2D eigenvalue weighted by molar-refractivity contribution is 0.103. The lowest BCUT2D eigenvalue weighted by Gasteiger charge is -2.10. The first kappa shape index (κ1) is 16.7. The van der Waals surface area contributed by atoms with Crippen LogP contribution in [0.3, 0.4) is 0 Å². The minimum atomic E-state index is -0.0799. The maximum Gasteiger partial charge on any atom is 0.194 e. The molecule has 2 aromatic carbocycles. The minimum Gasteiger partial charge on any atom is -0.339 e. The first-order chi connectivity index (χ1) is 11.6. The van der Waals surface area contributed by atoms with Crippen LogP contribution >= 0.6 is 27.5 Å². The molecule has 0 radical (unpaired) electrons. The average molecular weight is 402 g/mol. The van der Waals surface area contributed by atoms with E-state index in [9.17, 15) is 4.79 Å². The molecule has 0 aliphatic carbocycles. The Labute approximate surface area is 153 Å². The Morgan fingerprint density at radius 1 is 1.08 bits per heavy atom. The molecule has 0 atom stereocenters. The molecule has 3 aromatic rings. The highest BCUT2D eigenvalue weighted by molar-refractivity contribution is 9.10. The molecule has 1 N–H and O–H groups in total. The van der Waals surface area contributed by atoms with Crippen LogP contribution in [0.1, 0.15) is 21.5 Å². The van der Waals surface area contributed by atoms with Crippen LogP contribution in [0.2, 0.25) is 5.02 Å². The Kier molecular flexibility index (Phi) is 4.97. The second kappa shape index (κ2) is 7.16. The molecule has 1 aromatic heterocycles. The predicted octanol–water partition coefficient (Wildman–Crippen LogP) is 5.78. The number of hydrogen-bond acceptors (Lipinski definition) is 3. The van der Waals surface area contributed by atoms with Gasteiger partial charge in [0.1, 0.15) is 5.82 Å². The van der Waals surface area contributed by atoms with Gasteiger partial charge in [0.05, 0.1) is 9.50 Å². The molecule has 0 bridgehead atoms. The fourth-order valence-corrected chi connectivity index (χ4v) is 2.98. The lowest BCUT2D eigenvalue weighted by Crippen LogP contribution is -2.05. The second-order valence-corrected chi connectivity index (χ2v) is 6.56. The van der Waals surface area contributed by atoms with Gasteiger partial charge in [0.2, 0.25) is 0 Å². The van der Waals surface area contributed by atoms with Gasteiger partial charge in [0.15, 0.2) is 5.78 Å². The van der Waals surface area contributed by atoms with Crippen molar-refractivity contribution < 1.29 is 4.79 Å². The van der Waals surface area contributed by atoms with Crippen LogP contribution in [0.5, 0.6) is 0 Å². The maximum atomic E-state index is 12.7. The van der Waals surface area contributed by atoms with Crippen molar-refractivity contribution in [3.8, 4) is 0 Å². The number of ketones is 1. The van der Waals surface area contributed by atoms with E-state index >= 15 is 0 Å². The summed E-state index contributed by atoms with van der Waals surface area (Å²) < 4.78 is 0.848. The zero-order chi connectivity index (χ0) is 17.1. The van der Waals surface area contributed by atoms with Crippen molar-refractivity contribution in [3.63, 3.8) is 0 Å².